The number of amides is 1. The summed E-state index contributed by atoms with van der Waals surface area (Å²) in [6.45, 7) is 4.78. The van der Waals surface area contributed by atoms with Crippen LogP contribution in [0.15, 0.2) is 52.6 Å². The number of nitrogens with zero attached hydrogens (tertiary/aromatic N) is 1. The Morgan fingerprint density at radius 1 is 1.23 bits per heavy atom. The molecule has 0 aliphatic heterocycles. The molecule has 1 amide bonds. The van der Waals surface area contributed by atoms with Crippen LogP contribution in [0.3, 0.4) is 0 Å². The number of carbonyl (C=O) groups is 1. The van der Waals surface area contributed by atoms with Gasteiger partial charge >= 0.3 is 0 Å². The number of hydrogen-bond acceptors (Lipinski definition) is 4. The molecule has 2 heterocycles. The van der Waals surface area contributed by atoms with Gasteiger partial charge in [-0.2, -0.15) is 0 Å². The summed E-state index contributed by atoms with van der Waals surface area (Å²) >= 11 is 1.63. The zero-order chi connectivity index (χ0) is 18.5. The third-order valence-electron chi connectivity index (χ3n) is 3.99. The minimum Gasteiger partial charge on any atom is -0.352 e. The van der Waals surface area contributed by atoms with E-state index in [1.807, 2.05) is 18.2 Å². The van der Waals surface area contributed by atoms with Crippen molar-refractivity contribution in [3.05, 3.63) is 74.5 Å². The lowest BCUT2D eigenvalue weighted by atomic mass is 10.1. The molecule has 0 aliphatic rings. The first-order chi connectivity index (χ1) is 12.5. The molecule has 3 rings (SSSR count). The Bertz CT molecular complexity index is 959. The van der Waals surface area contributed by atoms with Gasteiger partial charge in [0.15, 0.2) is 0 Å². The van der Waals surface area contributed by atoms with Gasteiger partial charge in [0.05, 0.1) is 10.7 Å². The Kier molecular flexibility index (Phi) is 5.63. The summed E-state index contributed by atoms with van der Waals surface area (Å²) in [4.78, 5) is 31.2. The summed E-state index contributed by atoms with van der Waals surface area (Å²) in [5.41, 5.74) is 2.99. The molecule has 5 nitrogen and oxygen atoms in total. The fourth-order valence-electron chi connectivity index (χ4n) is 2.53. The van der Waals surface area contributed by atoms with Crippen molar-refractivity contribution in [2.75, 3.05) is 6.54 Å². The van der Waals surface area contributed by atoms with Crippen LogP contribution in [0.25, 0.3) is 11.3 Å². The molecule has 0 fully saturated rings. The van der Waals surface area contributed by atoms with Gasteiger partial charge in [0, 0.05) is 35.7 Å². The summed E-state index contributed by atoms with van der Waals surface area (Å²) < 4.78 is 0. The van der Waals surface area contributed by atoms with Crippen LogP contribution < -0.4 is 10.9 Å². The average Bonchev–Trinajstić information content (AvgIpc) is 3.11. The predicted octanol–water partition coefficient (Wildman–Crippen LogP) is 3.59. The van der Waals surface area contributed by atoms with E-state index in [-0.39, 0.29) is 11.5 Å². The Hall–Kier alpha value is -2.73. The molecule has 0 bridgehead atoms. The van der Waals surface area contributed by atoms with Crippen molar-refractivity contribution in [1.29, 1.82) is 0 Å². The highest BCUT2D eigenvalue weighted by molar-refractivity contribution is 7.09. The number of hydrogen-bond donors (Lipinski definition) is 2. The highest BCUT2D eigenvalue weighted by Gasteiger charge is 2.09. The van der Waals surface area contributed by atoms with Gasteiger partial charge in [0.1, 0.15) is 0 Å². The van der Waals surface area contributed by atoms with Gasteiger partial charge in [-0.1, -0.05) is 32.0 Å². The second kappa shape index (κ2) is 8.10. The van der Waals surface area contributed by atoms with Gasteiger partial charge in [-0.15, -0.1) is 11.3 Å². The second-order valence-electron chi connectivity index (χ2n) is 6.34. The van der Waals surface area contributed by atoms with E-state index in [0.717, 1.165) is 22.7 Å². The fourth-order valence-corrected chi connectivity index (χ4v) is 3.49. The van der Waals surface area contributed by atoms with E-state index in [1.54, 1.807) is 29.5 Å². The number of thiazole rings is 1. The number of carbonyl (C=O) groups excluding carboxylic acids is 1. The number of aromatic amines is 1. The Balaban J connectivity index is 1.62. The van der Waals surface area contributed by atoms with Crippen molar-refractivity contribution in [2.45, 2.75) is 26.2 Å². The summed E-state index contributed by atoms with van der Waals surface area (Å²) in [6.07, 6.45) is 0.717. The number of benzene rings is 1. The SMILES string of the molecule is CC(C)c1csc(CCNC(=O)c2cccc(-c3cccc(=O)[nH]3)c2)n1. The molecule has 0 unspecified atom stereocenters. The van der Waals surface area contributed by atoms with Crippen LogP contribution >= 0.6 is 11.3 Å². The molecule has 6 heteroatoms. The van der Waals surface area contributed by atoms with Gasteiger partial charge in [-0.3, -0.25) is 9.59 Å². The number of rotatable bonds is 6. The molecule has 0 spiro atoms. The lowest BCUT2D eigenvalue weighted by Crippen LogP contribution is -2.25. The predicted molar refractivity (Wildman–Crippen MR) is 105 cm³/mol. The fraction of sp³-hybridized carbons (Fsp3) is 0.250. The van der Waals surface area contributed by atoms with Gasteiger partial charge in [-0.25, -0.2) is 4.98 Å². The molecular formula is C20H21N3O2S. The van der Waals surface area contributed by atoms with Gasteiger partial charge in [0.2, 0.25) is 5.56 Å². The third-order valence-corrected chi connectivity index (χ3v) is 4.92. The first-order valence-electron chi connectivity index (χ1n) is 8.55. The summed E-state index contributed by atoms with van der Waals surface area (Å²) in [5.74, 6) is 0.285. The van der Waals surface area contributed by atoms with E-state index >= 15 is 0 Å². The molecule has 0 atom stereocenters. The number of pyridine rings is 1. The maximum atomic E-state index is 12.4. The molecule has 1 aromatic carbocycles. The summed E-state index contributed by atoms with van der Waals surface area (Å²) in [6, 6.07) is 12.2. The van der Waals surface area contributed by atoms with Gasteiger partial charge in [0.25, 0.3) is 5.91 Å². The van der Waals surface area contributed by atoms with Gasteiger partial charge < -0.3 is 10.3 Å². The standard InChI is InChI=1S/C20H21N3O2S/c1-13(2)17-12-26-19(23-17)9-10-21-20(25)15-6-3-5-14(11-15)16-7-4-8-18(24)22-16/h3-8,11-13H,9-10H2,1-2H3,(H,21,25)(H,22,24). The van der Waals surface area contributed by atoms with Crippen LogP contribution in [0.4, 0.5) is 0 Å². The third kappa shape index (κ3) is 4.46. The molecule has 0 radical (unpaired) electrons. The van der Waals surface area contributed by atoms with E-state index < -0.39 is 0 Å². The van der Waals surface area contributed by atoms with Crippen molar-refractivity contribution in [2.24, 2.45) is 0 Å². The second-order valence-corrected chi connectivity index (χ2v) is 7.28. The zero-order valence-electron chi connectivity index (χ0n) is 14.8. The summed E-state index contributed by atoms with van der Waals surface area (Å²) in [7, 11) is 0. The number of H-pyrrole nitrogens is 1. The molecule has 0 saturated heterocycles. The van der Waals surface area contributed by atoms with Crippen LogP contribution in [0.5, 0.6) is 0 Å². The van der Waals surface area contributed by atoms with Crippen LogP contribution in [0.2, 0.25) is 0 Å². The minimum atomic E-state index is -0.165. The molecule has 0 saturated carbocycles. The number of aromatic nitrogens is 2. The van der Waals surface area contributed by atoms with E-state index in [1.165, 1.54) is 6.07 Å². The first kappa shape index (κ1) is 18.1. The normalized spacial score (nSPS) is 10.9. The van der Waals surface area contributed by atoms with Crippen molar-refractivity contribution in [1.82, 2.24) is 15.3 Å². The van der Waals surface area contributed by atoms with Crippen molar-refractivity contribution < 1.29 is 4.79 Å². The molecule has 26 heavy (non-hydrogen) atoms. The molecule has 2 aromatic heterocycles. The van der Waals surface area contributed by atoms with Crippen LogP contribution in [0.1, 0.15) is 40.8 Å². The molecule has 134 valence electrons. The van der Waals surface area contributed by atoms with E-state index in [0.29, 0.717) is 23.7 Å². The lowest BCUT2D eigenvalue weighted by Gasteiger charge is -2.07. The highest BCUT2D eigenvalue weighted by Crippen LogP contribution is 2.18. The number of nitrogens with one attached hydrogen (secondary N) is 2. The molecule has 0 aliphatic carbocycles. The highest BCUT2D eigenvalue weighted by atomic mass is 32.1. The van der Waals surface area contributed by atoms with Crippen molar-refractivity contribution >= 4 is 17.2 Å². The molecule has 2 N–H and O–H groups in total. The van der Waals surface area contributed by atoms with E-state index in [9.17, 15) is 9.59 Å². The maximum Gasteiger partial charge on any atom is 0.251 e. The largest absolute Gasteiger partial charge is 0.352 e. The summed E-state index contributed by atoms with van der Waals surface area (Å²) in [5, 5.41) is 6.04. The van der Waals surface area contributed by atoms with E-state index in [4.69, 9.17) is 0 Å². The van der Waals surface area contributed by atoms with Crippen molar-refractivity contribution in [3.8, 4) is 11.3 Å². The lowest BCUT2D eigenvalue weighted by molar-refractivity contribution is 0.0954. The zero-order valence-corrected chi connectivity index (χ0v) is 15.6. The molecular weight excluding hydrogens is 346 g/mol. The first-order valence-corrected chi connectivity index (χ1v) is 9.43. The van der Waals surface area contributed by atoms with E-state index in [2.05, 4.69) is 34.5 Å². The Labute approximate surface area is 156 Å². The Morgan fingerprint density at radius 3 is 2.77 bits per heavy atom. The maximum absolute atomic E-state index is 12.4. The van der Waals surface area contributed by atoms with Crippen LogP contribution in [-0.4, -0.2) is 22.4 Å². The average molecular weight is 367 g/mol. The van der Waals surface area contributed by atoms with Gasteiger partial charge in [-0.05, 0) is 29.7 Å². The minimum absolute atomic E-state index is 0.134. The quantitative estimate of drug-likeness (QED) is 0.699. The van der Waals surface area contributed by atoms with Crippen LogP contribution in [0, 0.1) is 0 Å². The van der Waals surface area contributed by atoms with Crippen LogP contribution in [-0.2, 0) is 6.42 Å². The Morgan fingerprint density at radius 2 is 2.04 bits per heavy atom. The topological polar surface area (TPSA) is 74.8 Å². The van der Waals surface area contributed by atoms with Crippen molar-refractivity contribution in [3.63, 3.8) is 0 Å². The monoisotopic (exact) mass is 367 g/mol. The molecule has 3 aromatic rings. The smallest absolute Gasteiger partial charge is 0.251 e.